The Bertz CT molecular complexity index is 2850. The van der Waals surface area contributed by atoms with E-state index in [9.17, 15) is 45.6 Å². The average molecular weight is 1050 g/mol. The number of nitrogens with two attached hydrogens (primary N) is 1. The van der Waals surface area contributed by atoms with Gasteiger partial charge in [0.1, 0.15) is 34.7 Å². The molecule has 4 rings (SSSR count). The fraction of sp³-hybridized carbons (Fsp3) is 0.588. The zero-order valence-electron chi connectivity index (χ0n) is 48.0. The summed E-state index contributed by atoms with van der Waals surface area (Å²) in [5.74, 6) is -7.19. The Morgan fingerprint density at radius 1 is 0.776 bits per heavy atom. The average Bonchev–Trinajstić information content (AvgIpc) is 3.92. The lowest BCUT2D eigenvalue weighted by atomic mass is 9.84. The number of rotatable bonds is 17. The number of amides is 3. The summed E-state index contributed by atoms with van der Waals surface area (Å²) in [6.07, 6.45) is 0. The molecule has 0 saturated carbocycles. The van der Waals surface area contributed by atoms with Crippen LogP contribution in [-0.4, -0.2) is 160 Å². The van der Waals surface area contributed by atoms with Gasteiger partial charge in [-0.25, -0.2) is 24.4 Å². The molecule has 2 aliphatic rings. The quantitative estimate of drug-likeness (QED) is 0.0363. The van der Waals surface area contributed by atoms with Crippen LogP contribution >= 0.6 is 22.7 Å². The summed E-state index contributed by atoms with van der Waals surface area (Å²) in [7, 11) is -7.67. The second-order valence-corrected chi connectivity index (χ2v) is 18.4. The molecule has 4 heterocycles. The van der Waals surface area contributed by atoms with Crippen LogP contribution in [0.15, 0.2) is 21.1 Å². The summed E-state index contributed by atoms with van der Waals surface area (Å²) < 4.78 is 169. The van der Waals surface area contributed by atoms with Crippen LogP contribution in [-0.2, 0) is 77.3 Å². The van der Waals surface area contributed by atoms with Crippen molar-refractivity contribution < 1.29 is 104 Å². The number of hydroxylamine groups is 4. The van der Waals surface area contributed by atoms with E-state index in [0.29, 0.717) is 5.13 Å². The highest BCUT2D eigenvalue weighted by Crippen LogP contribution is 2.33. The van der Waals surface area contributed by atoms with Crippen molar-refractivity contribution in [2.24, 2.45) is 16.0 Å². The van der Waals surface area contributed by atoms with Gasteiger partial charge in [-0.15, -0.1) is 31.2 Å². The maximum atomic E-state index is 13.2. The van der Waals surface area contributed by atoms with Crippen molar-refractivity contribution in [3.05, 3.63) is 22.1 Å². The molecule has 2 atom stereocenters. The largest absolute Gasteiger partial charge is 0.476 e. The van der Waals surface area contributed by atoms with Crippen molar-refractivity contribution >= 4 is 101 Å². The van der Waals surface area contributed by atoms with Gasteiger partial charge < -0.3 is 45.9 Å². The van der Waals surface area contributed by atoms with E-state index in [-0.39, 0.29) is 22.2 Å². The molecule has 2 aromatic heterocycles. The smallest absolute Gasteiger partial charge is 0.418 e. The van der Waals surface area contributed by atoms with E-state index in [1.165, 1.54) is 29.1 Å². The lowest BCUT2D eigenvalue weighted by Gasteiger charge is -2.50. The van der Waals surface area contributed by atoms with E-state index in [0.717, 1.165) is 11.3 Å². The molecule has 2 fully saturated rings. The first-order valence-electron chi connectivity index (χ1n) is 23.9. The molecule has 0 aliphatic carbocycles. The number of aliphatic carboxylic acids is 1. The predicted octanol–water partition coefficient (Wildman–Crippen LogP) is 0.0879. The number of hydrogen-bond acceptors (Lipinski definition) is 25. The Morgan fingerprint density at radius 3 is 1.54 bits per heavy atom. The molecule has 2 saturated heterocycles. The summed E-state index contributed by atoms with van der Waals surface area (Å²) in [6.45, 7) is -5.45. The third kappa shape index (κ3) is 17.5. The van der Waals surface area contributed by atoms with E-state index in [4.69, 9.17) is 55.5 Å². The Balaban J connectivity index is 0.000000448. The number of oxime groups is 2. The van der Waals surface area contributed by atoms with Crippen LogP contribution in [0.25, 0.3) is 0 Å². The minimum Gasteiger partial charge on any atom is -0.476 e. The molecule has 376 valence electrons. The number of carboxylic acid groups (broad SMARTS) is 1. The molecule has 8 N–H and O–H groups in total. The normalized spacial score (nSPS) is 21.5. The first-order chi connectivity index (χ1) is 35.4. The standard InChI is InChI=1S/C17H25N5O9S2.C12H17N3O5S.C5H10N2O5S/c1-16(2,3)30-10(23)7-29-21-11(9-8-32-15(18-6)19-9)13(24)20-12-14(25)22(17(12,4)5)31-33(26,27)28;1-12(2,3)20-8(16)5-19-15-9(10(17)18)7-6-21-11(13-4)14-7;1-5(2)3(6)4(8)7(5)12-13(9,10)11/h8,12H,7H2,1-6H3,(H,18,19)(H,20,24)(H,26,27,28);6H,5H2,1-4H3,(H,13,14)(H,17,18);3H,6H2,1-2H3,(H,9,10,11)/b21-11-;15-9-;/t12-;;3-/m1.1/s1/i4D3,5D3;;1D3,2D3. The molecular weight excluding hydrogens is 981 g/mol. The van der Waals surface area contributed by atoms with Gasteiger partial charge in [-0.1, -0.05) is 10.3 Å². The van der Waals surface area contributed by atoms with Crippen LogP contribution in [0, 0.1) is 0 Å². The molecule has 2 aromatic rings. The van der Waals surface area contributed by atoms with Crippen molar-refractivity contribution in [2.75, 3.05) is 37.9 Å². The highest BCUT2D eigenvalue weighted by atomic mass is 32.3. The number of nitrogens with zero attached hydrogens (tertiary/aromatic N) is 6. The monoisotopic (exact) mass is 1040 g/mol. The van der Waals surface area contributed by atoms with Crippen molar-refractivity contribution in [3.8, 4) is 0 Å². The zero-order valence-corrected chi connectivity index (χ0v) is 39.3. The summed E-state index contributed by atoms with van der Waals surface area (Å²) in [5, 5.41) is 26.1. The highest BCUT2D eigenvalue weighted by Gasteiger charge is 2.58. The number of ether oxygens (including phenoxy) is 2. The topological polar surface area (TPSA) is 406 Å². The number of carbonyl (C=O) groups excluding carboxylic acids is 5. The minimum absolute atomic E-state index is 0.154. The fourth-order valence-electron chi connectivity index (χ4n) is 4.24. The molecule has 0 aromatic carbocycles. The highest BCUT2D eigenvalue weighted by molar-refractivity contribution is 7.81. The van der Waals surface area contributed by atoms with Gasteiger partial charge in [0.15, 0.2) is 16.0 Å². The van der Waals surface area contributed by atoms with Gasteiger partial charge in [0, 0.05) is 41.3 Å². The van der Waals surface area contributed by atoms with Crippen LogP contribution in [0.4, 0.5) is 10.3 Å². The number of esters is 2. The lowest BCUT2D eigenvalue weighted by molar-refractivity contribution is -0.218. The molecule has 2 aliphatic heterocycles. The van der Waals surface area contributed by atoms with Crippen molar-refractivity contribution in [2.45, 2.75) is 103 Å². The number of nitrogens with one attached hydrogen (secondary N) is 3. The molecule has 0 bridgehead atoms. The molecule has 29 nitrogen and oxygen atoms in total. The predicted molar refractivity (Wildman–Crippen MR) is 235 cm³/mol. The minimum atomic E-state index is -5.56. The Morgan fingerprint density at radius 2 is 1.18 bits per heavy atom. The number of carboxylic acids is 1. The van der Waals surface area contributed by atoms with Crippen molar-refractivity contribution in [3.63, 3.8) is 0 Å². The maximum absolute atomic E-state index is 13.2. The van der Waals surface area contributed by atoms with E-state index >= 15 is 0 Å². The second kappa shape index (κ2) is 22.4. The molecule has 0 radical (unpaired) electrons. The van der Waals surface area contributed by atoms with Gasteiger partial charge in [0.05, 0.1) is 11.1 Å². The summed E-state index contributed by atoms with van der Waals surface area (Å²) >= 11 is 2.23. The molecule has 67 heavy (non-hydrogen) atoms. The van der Waals surface area contributed by atoms with Gasteiger partial charge in [0.2, 0.25) is 18.9 Å². The zero-order chi connectivity index (χ0) is 61.7. The Kier molecular flexibility index (Phi) is 13.5. The summed E-state index contributed by atoms with van der Waals surface area (Å²) in [4.78, 5) is 89.4. The van der Waals surface area contributed by atoms with Crippen molar-refractivity contribution in [1.29, 1.82) is 0 Å². The van der Waals surface area contributed by atoms with Crippen LogP contribution in [0.1, 0.15) is 96.8 Å². The third-order valence-corrected chi connectivity index (χ3v) is 9.28. The number of hydrogen-bond donors (Lipinski definition) is 7. The number of β-lactam (4-membered cyclic amide) rings is 2. The fourth-order valence-corrected chi connectivity index (χ4v) is 6.31. The first kappa shape index (κ1) is 40.4. The van der Waals surface area contributed by atoms with Gasteiger partial charge in [0.25, 0.3) is 17.7 Å². The molecular formula is C34H52N10O19S4. The van der Waals surface area contributed by atoms with E-state index in [1.54, 1.807) is 48.6 Å². The number of anilines is 2. The van der Waals surface area contributed by atoms with Crippen LogP contribution in [0.5, 0.6) is 0 Å². The lowest BCUT2D eigenvalue weighted by Crippen LogP contribution is -2.76. The second-order valence-electron chi connectivity index (χ2n) is 14.7. The van der Waals surface area contributed by atoms with E-state index in [1.807, 2.05) is 5.32 Å². The Hall–Kier alpha value is -5.68. The number of carbonyl (C=O) groups is 6. The van der Waals surface area contributed by atoms with E-state index in [2.05, 4.69) is 39.5 Å². The number of thiazole rings is 2. The summed E-state index contributed by atoms with van der Waals surface area (Å²) in [6, 6.07) is -4.44. The number of aromatic nitrogens is 2. The van der Waals surface area contributed by atoms with Gasteiger partial charge >= 0.3 is 38.7 Å². The summed E-state index contributed by atoms with van der Waals surface area (Å²) in [5.41, 5.74) is -3.91. The third-order valence-electron chi connectivity index (χ3n) is 6.89. The van der Waals surface area contributed by atoms with Crippen LogP contribution in [0.3, 0.4) is 0 Å². The van der Waals surface area contributed by atoms with E-state index < -0.39 is 147 Å². The Labute approximate surface area is 409 Å². The molecule has 0 spiro atoms. The first-order valence-corrected chi connectivity index (χ1v) is 22.4. The van der Waals surface area contributed by atoms with Crippen LogP contribution in [0.2, 0.25) is 0 Å². The van der Waals surface area contributed by atoms with Gasteiger partial charge in [-0.2, -0.15) is 27.0 Å². The SMILES string of the molecule is CNc1nc(/C(=N/OCC(=O)OC(C)(C)C)C(=O)O)cs1.[2H]C([2H])([2H])C1(C([2H])([2H])[2H])[C@H](N)C(=O)N1OS(=O)(=O)O.[2H]C([2H])([2H])C1(C([2H])([2H])[2H])[C@H](NC(=O)/C(=N\OCC(=O)OC(C)(C)C)c2csc(NC)n2)C(=O)N1OS(=O)(=O)O. The molecule has 0 unspecified atom stereocenters. The van der Waals surface area contributed by atoms with Crippen molar-refractivity contribution in [1.82, 2.24) is 25.4 Å². The maximum Gasteiger partial charge on any atom is 0.418 e. The molecule has 3 amide bonds. The molecule has 33 heteroatoms. The van der Waals surface area contributed by atoms with Gasteiger partial charge in [-0.3, -0.25) is 23.5 Å². The van der Waals surface area contributed by atoms with Gasteiger partial charge in [-0.05, 0) is 68.9 Å². The van der Waals surface area contributed by atoms with Crippen LogP contribution < -0.4 is 21.7 Å².